The van der Waals surface area contributed by atoms with Gasteiger partial charge in [0, 0.05) is 5.69 Å². The number of anilines is 1. The van der Waals surface area contributed by atoms with E-state index >= 15 is 0 Å². The Morgan fingerprint density at radius 1 is 1.30 bits per heavy atom. The zero-order valence-corrected chi connectivity index (χ0v) is 15.5. The standard InChI is InChI=1S/C16H15Br2N3O2/c1-2-23-15-12(17)7-10(8-13(15)18)9-20-21-16(22)11-5-3-4-6-14(11)19/h3-9H,2,19H2,1H3,(H,21,22)/b20-9-. The first kappa shape index (κ1) is 17.5. The van der Waals surface area contributed by atoms with Gasteiger partial charge >= 0.3 is 0 Å². The number of amides is 1. The molecule has 1 amide bonds. The van der Waals surface area contributed by atoms with Crippen LogP contribution in [0.15, 0.2) is 50.4 Å². The number of hydrogen-bond acceptors (Lipinski definition) is 4. The molecule has 0 bridgehead atoms. The maximum Gasteiger partial charge on any atom is 0.273 e. The molecule has 0 atom stereocenters. The van der Waals surface area contributed by atoms with Gasteiger partial charge in [0.15, 0.2) is 0 Å². The molecule has 2 aromatic carbocycles. The summed E-state index contributed by atoms with van der Waals surface area (Å²) in [5.74, 6) is 0.370. The monoisotopic (exact) mass is 439 g/mol. The zero-order chi connectivity index (χ0) is 16.8. The highest BCUT2D eigenvalue weighted by molar-refractivity contribution is 9.11. The zero-order valence-electron chi connectivity index (χ0n) is 12.3. The van der Waals surface area contributed by atoms with Crippen LogP contribution < -0.4 is 15.9 Å². The number of halogens is 2. The Balaban J connectivity index is 2.09. The molecule has 0 aliphatic heterocycles. The maximum absolute atomic E-state index is 12.0. The number of nitrogens with zero attached hydrogens (tertiary/aromatic N) is 1. The molecule has 0 radical (unpaired) electrons. The molecule has 0 aliphatic rings. The first-order chi connectivity index (χ1) is 11.0. The van der Waals surface area contributed by atoms with Gasteiger partial charge in [-0.3, -0.25) is 4.79 Å². The molecule has 0 aliphatic carbocycles. The lowest BCUT2D eigenvalue weighted by molar-refractivity contribution is 0.0956. The minimum Gasteiger partial charge on any atom is -0.492 e. The summed E-state index contributed by atoms with van der Waals surface area (Å²) < 4.78 is 7.11. The van der Waals surface area contributed by atoms with E-state index in [-0.39, 0.29) is 5.91 Å². The summed E-state index contributed by atoms with van der Waals surface area (Å²) in [6.45, 7) is 2.48. The van der Waals surface area contributed by atoms with E-state index in [0.717, 1.165) is 20.3 Å². The van der Waals surface area contributed by atoms with Crippen molar-refractivity contribution in [1.29, 1.82) is 0 Å². The Morgan fingerprint density at radius 2 is 1.96 bits per heavy atom. The van der Waals surface area contributed by atoms with Crippen molar-refractivity contribution in [2.45, 2.75) is 6.92 Å². The largest absolute Gasteiger partial charge is 0.492 e. The van der Waals surface area contributed by atoms with Crippen LogP contribution in [0, 0.1) is 0 Å². The predicted molar refractivity (Wildman–Crippen MR) is 98.9 cm³/mol. The second-order valence-electron chi connectivity index (χ2n) is 4.53. The first-order valence-corrected chi connectivity index (χ1v) is 8.41. The Bertz CT molecular complexity index is 725. The van der Waals surface area contributed by atoms with Gasteiger partial charge in [0.25, 0.3) is 5.91 Å². The summed E-state index contributed by atoms with van der Waals surface area (Å²) in [5.41, 5.74) is 9.80. The molecular formula is C16H15Br2N3O2. The molecule has 0 spiro atoms. The summed E-state index contributed by atoms with van der Waals surface area (Å²) in [4.78, 5) is 12.0. The molecule has 23 heavy (non-hydrogen) atoms. The van der Waals surface area contributed by atoms with Crippen LogP contribution in [0.3, 0.4) is 0 Å². The van der Waals surface area contributed by atoms with Crippen LogP contribution in [0.25, 0.3) is 0 Å². The Morgan fingerprint density at radius 3 is 2.57 bits per heavy atom. The third-order valence-corrected chi connectivity index (χ3v) is 4.07. The maximum atomic E-state index is 12.0. The van der Waals surface area contributed by atoms with E-state index in [1.165, 1.54) is 0 Å². The van der Waals surface area contributed by atoms with Gasteiger partial charge < -0.3 is 10.5 Å². The van der Waals surface area contributed by atoms with Gasteiger partial charge in [0.1, 0.15) is 5.75 Å². The molecule has 2 aromatic rings. The number of hydrogen-bond donors (Lipinski definition) is 2. The van der Waals surface area contributed by atoms with Crippen LogP contribution in [-0.2, 0) is 0 Å². The van der Waals surface area contributed by atoms with Crippen molar-refractivity contribution in [2.24, 2.45) is 5.10 Å². The first-order valence-electron chi connectivity index (χ1n) is 6.82. The fourth-order valence-electron chi connectivity index (χ4n) is 1.87. The number of hydrazone groups is 1. The SMILES string of the molecule is CCOc1c(Br)cc(/C=N\NC(=O)c2ccccc2N)cc1Br. The van der Waals surface area contributed by atoms with Gasteiger partial charge in [-0.25, -0.2) is 5.43 Å². The number of carbonyl (C=O) groups excluding carboxylic acids is 1. The van der Waals surface area contributed by atoms with Crippen LogP contribution in [-0.4, -0.2) is 18.7 Å². The third kappa shape index (κ3) is 4.56. The van der Waals surface area contributed by atoms with Crippen LogP contribution >= 0.6 is 31.9 Å². The highest BCUT2D eigenvalue weighted by Gasteiger charge is 2.09. The van der Waals surface area contributed by atoms with E-state index in [2.05, 4.69) is 42.4 Å². The van der Waals surface area contributed by atoms with Gasteiger partial charge in [-0.1, -0.05) is 12.1 Å². The van der Waals surface area contributed by atoms with E-state index in [0.29, 0.717) is 17.9 Å². The molecule has 0 heterocycles. The number of nitrogens with two attached hydrogens (primary N) is 1. The highest BCUT2D eigenvalue weighted by atomic mass is 79.9. The van der Waals surface area contributed by atoms with Crippen LogP contribution in [0.1, 0.15) is 22.8 Å². The van der Waals surface area contributed by atoms with Crippen molar-refractivity contribution < 1.29 is 9.53 Å². The molecule has 0 unspecified atom stereocenters. The normalized spacial score (nSPS) is 10.7. The molecule has 3 N–H and O–H groups in total. The molecule has 7 heteroatoms. The predicted octanol–water partition coefficient (Wildman–Crippen LogP) is 3.96. The number of benzene rings is 2. The molecule has 5 nitrogen and oxygen atoms in total. The number of nitrogens with one attached hydrogen (secondary N) is 1. The third-order valence-electron chi connectivity index (χ3n) is 2.89. The smallest absolute Gasteiger partial charge is 0.273 e. The molecule has 2 rings (SSSR count). The molecule has 120 valence electrons. The molecule has 0 saturated carbocycles. The minimum absolute atomic E-state index is 0.358. The van der Waals surface area contributed by atoms with E-state index in [9.17, 15) is 4.79 Å². The summed E-state index contributed by atoms with van der Waals surface area (Å²) in [5, 5.41) is 3.95. The highest BCUT2D eigenvalue weighted by Crippen LogP contribution is 2.34. The van der Waals surface area contributed by atoms with Crippen molar-refractivity contribution in [3.63, 3.8) is 0 Å². The lowest BCUT2D eigenvalue weighted by Gasteiger charge is -2.09. The summed E-state index contributed by atoms with van der Waals surface area (Å²) in [6.07, 6.45) is 1.54. The van der Waals surface area contributed by atoms with E-state index in [1.54, 1.807) is 30.5 Å². The Kier molecular flexibility index (Phi) is 6.18. The van der Waals surface area contributed by atoms with E-state index < -0.39 is 0 Å². The second-order valence-corrected chi connectivity index (χ2v) is 6.24. The fourth-order valence-corrected chi connectivity index (χ4v) is 3.32. The van der Waals surface area contributed by atoms with Crippen LogP contribution in [0.4, 0.5) is 5.69 Å². The van der Waals surface area contributed by atoms with Crippen molar-refractivity contribution >= 4 is 49.7 Å². The number of ether oxygens (including phenoxy) is 1. The van der Waals surface area contributed by atoms with E-state index in [4.69, 9.17) is 10.5 Å². The van der Waals surface area contributed by atoms with E-state index in [1.807, 2.05) is 19.1 Å². The number of para-hydroxylation sites is 1. The van der Waals surface area contributed by atoms with Gasteiger partial charge in [0.2, 0.25) is 0 Å². The number of rotatable bonds is 5. The lowest BCUT2D eigenvalue weighted by atomic mass is 10.2. The van der Waals surface area contributed by atoms with Crippen LogP contribution in [0.2, 0.25) is 0 Å². The fraction of sp³-hybridized carbons (Fsp3) is 0.125. The van der Waals surface area contributed by atoms with Gasteiger partial charge in [-0.15, -0.1) is 0 Å². The summed E-state index contributed by atoms with van der Waals surface area (Å²) >= 11 is 6.89. The molecule has 0 saturated heterocycles. The topological polar surface area (TPSA) is 76.7 Å². The summed E-state index contributed by atoms with van der Waals surface area (Å²) in [6, 6.07) is 10.5. The lowest BCUT2D eigenvalue weighted by Crippen LogP contribution is -2.19. The average molecular weight is 441 g/mol. The molecule has 0 aromatic heterocycles. The van der Waals surface area contributed by atoms with Gasteiger partial charge in [-0.2, -0.15) is 5.10 Å². The minimum atomic E-state index is -0.358. The Hall–Kier alpha value is -1.86. The molecule has 0 fully saturated rings. The quantitative estimate of drug-likeness (QED) is 0.419. The Labute approximate surface area is 151 Å². The van der Waals surface area contributed by atoms with Gasteiger partial charge in [-0.05, 0) is 68.6 Å². The molecular weight excluding hydrogens is 426 g/mol. The van der Waals surface area contributed by atoms with Crippen LogP contribution in [0.5, 0.6) is 5.75 Å². The average Bonchev–Trinajstić information content (AvgIpc) is 2.51. The van der Waals surface area contributed by atoms with Crippen molar-refractivity contribution in [3.8, 4) is 5.75 Å². The summed E-state index contributed by atoms with van der Waals surface area (Å²) in [7, 11) is 0. The second kappa shape index (κ2) is 8.12. The number of nitrogen functional groups attached to an aromatic ring is 1. The van der Waals surface area contributed by atoms with Crippen molar-refractivity contribution in [2.75, 3.05) is 12.3 Å². The van der Waals surface area contributed by atoms with Gasteiger partial charge in [0.05, 0.1) is 27.3 Å². The van der Waals surface area contributed by atoms with Crippen molar-refractivity contribution in [3.05, 3.63) is 56.5 Å². The number of carbonyl (C=O) groups is 1. The van der Waals surface area contributed by atoms with Crippen molar-refractivity contribution in [1.82, 2.24) is 5.43 Å².